The predicted molar refractivity (Wildman–Crippen MR) is 72.3 cm³/mol. The summed E-state index contributed by atoms with van der Waals surface area (Å²) in [4.78, 5) is 9.79. The normalized spacial score (nSPS) is 10.2. The molecule has 0 aliphatic carbocycles. The minimum atomic E-state index is 0.674. The van der Waals surface area contributed by atoms with Crippen molar-refractivity contribution in [2.75, 3.05) is 12.4 Å². The summed E-state index contributed by atoms with van der Waals surface area (Å²) in [5.41, 5.74) is 2.35. The molecule has 0 saturated carbocycles. The van der Waals surface area contributed by atoms with E-state index in [1.165, 1.54) is 10.5 Å². The van der Waals surface area contributed by atoms with E-state index in [2.05, 4.69) is 46.5 Å². The molecule has 17 heavy (non-hydrogen) atoms. The Morgan fingerprint density at radius 2 is 2.06 bits per heavy atom. The number of aryl methyl sites for hydroxylation is 1. The highest BCUT2D eigenvalue weighted by Crippen LogP contribution is 2.24. The van der Waals surface area contributed by atoms with Crippen LogP contribution in [-0.4, -0.2) is 17.0 Å². The molecule has 0 spiro atoms. The van der Waals surface area contributed by atoms with Crippen LogP contribution in [0, 0.1) is 6.92 Å². The zero-order valence-electron chi connectivity index (χ0n) is 9.97. The minimum Gasteiger partial charge on any atom is -0.357 e. The van der Waals surface area contributed by atoms with Crippen molar-refractivity contribution in [3.63, 3.8) is 0 Å². The first-order valence-electron chi connectivity index (χ1n) is 5.47. The van der Waals surface area contributed by atoms with E-state index in [9.17, 15) is 0 Å². The summed E-state index contributed by atoms with van der Waals surface area (Å²) in [6.07, 6.45) is 1.78. The molecular weight excluding hydrogens is 230 g/mol. The lowest BCUT2D eigenvalue weighted by molar-refractivity contribution is 1.08. The zero-order valence-corrected chi connectivity index (χ0v) is 10.8. The van der Waals surface area contributed by atoms with Crippen molar-refractivity contribution in [1.82, 2.24) is 9.97 Å². The number of hydrogen-bond acceptors (Lipinski definition) is 4. The molecule has 1 heterocycles. The largest absolute Gasteiger partial charge is 0.357 e. The number of nitrogens with zero attached hydrogens (tertiary/aromatic N) is 2. The van der Waals surface area contributed by atoms with E-state index >= 15 is 0 Å². The van der Waals surface area contributed by atoms with Gasteiger partial charge >= 0.3 is 0 Å². The average molecular weight is 245 g/mol. The van der Waals surface area contributed by atoms with Gasteiger partial charge in [-0.15, -0.1) is 11.8 Å². The van der Waals surface area contributed by atoms with Crippen LogP contribution < -0.4 is 5.32 Å². The number of thioether (sulfide) groups is 1. The van der Waals surface area contributed by atoms with Crippen LogP contribution in [0.25, 0.3) is 0 Å². The maximum Gasteiger partial charge on any atom is 0.222 e. The Kier molecular flexibility index (Phi) is 3.98. The fourth-order valence-electron chi connectivity index (χ4n) is 1.47. The lowest BCUT2D eigenvalue weighted by Gasteiger charge is -2.05. The summed E-state index contributed by atoms with van der Waals surface area (Å²) in [5.74, 6) is 1.54. The van der Waals surface area contributed by atoms with Gasteiger partial charge in [-0.25, -0.2) is 9.97 Å². The molecule has 1 aromatic carbocycles. The Morgan fingerprint density at radius 1 is 1.24 bits per heavy atom. The maximum atomic E-state index is 4.39. The highest BCUT2D eigenvalue weighted by Gasteiger charge is 2.01. The molecule has 4 heteroatoms. The van der Waals surface area contributed by atoms with Crippen LogP contribution in [-0.2, 0) is 5.75 Å². The highest BCUT2D eigenvalue weighted by atomic mass is 32.2. The molecule has 0 unspecified atom stereocenters. The fraction of sp³-hybridized carbons (Fsp3) is 0.231. The van der Waals surface area contributed by atoms with Gasteiger partial charge in [-0.1, -0.05) is 18.2 Å². The van der Waals surface area contributed by atoms with Crippen molar-refractivity contribution >= 4 is 17.7 Å². The third-order valence-corrected chi connectivity index (χ3v) is 3.62. The van der Waals surface area contributed by atoms with Crippen molar-refractivity contribution in [2.45, 2.75) is 17.6 Å². The van der Waals surface area contributed by atoms with Gasteiger partial charge in [0.2, 0.25) is 5.95 Å². The molecule has 0 fully saturated rings. The van der Waals surface area contributed by atoms with Gasteiger partial charge in [0.05, 0.1) is 5.69 Å². The second kappa shape index (κ2) is 5.68. The molecule has 2 aromatic rings. The first-order chi connectivity index (χ1) is 8.29. The SMILES string of the molecule is CNc1nccc(CSc2ccccc2C)n1. The second-order valence-corrected chi connectivity index (χ2v) is 4.69. The number of anilines is 1. The highest BCUT2D eigenvalue weighted by molar-refractivity contribution is 7.98. The van der Waals surface area contributed by atoms with Crippen molar-refractivity contribution in [3.05, 3.63) is 47.8 Å². The van der Waals surface area contributed by atoms with Gasteiger partial charge in [-0.05, 0) is 24.6 Å². The third-order valence-electron chi connectivity index (χ3n) is 2.41. The molecule has 88 valence electrons. The smallest absolute Gasteiger partial charge is 0.222 e. The van der Waals surface area contributed by atoms with Crippen molar-refractivity contribution in [2.24, 2.45) is 0 Å². The Bertz CT molecular complexity index is 500. The molecule has 0 saturated heterocycles. The first-order valence-corrected chi connectivity index (χ1v) is 6.46. The molecule has 1 N–H and O–H groups in total. The Morgan fingerprint density at radius 3 is 2.82 bits per heavy atom. The van der Waals surface area contributed by atoms with Crippen molar-refractivity contribution in [3.8, 4) is 0 Å². The predicted octanol–water partition coefficient (Wildman–Crippen LogP) is 3.12. The summed E-state index contributed by atoms with van der Waals surface area (Å²) in [6.45, 7) is 2.13. The van der Waals surface area contributed by atoms with E-state index in [1.807, 2.05) is 13.1 Å². The number of aromatic nitrogens is 2. The average Bonchev–Trinajstić information content (AvgIpc) is 2.38. The summed E-state index contributed by atoms with van der Waals surface area (Å²) in [7, 11) is 1.83. The number of nitrogens with one attached hydrogen (secondary N) is 1. The zero-order chi connectivity index (χ0) is 12.1. The van der Waals surface area contributed by atoms with Gasteiger partial charge in [0.15, 0.2) is 0 Å². The molecule has 1 aromatic heterocycles. The third kappa shape index (κ3) is 3.20. The molecule has 0 radical (unpaired) electrons. The maximum absolute atomic E-state index is 4.39. The molecule has 0 atom stereocenters. The Labute approximate surface area is 106 Å². The van der Waals surface area contributed by atoms with Crippen LogP contribution in [0.4, 0.5) is 5.95 Å². The number of hydrogen-bond donors (Lipinski definition) is 1. The van der Waals surface area contributed by atoms with Crippen LogP contribution >= 0.6 is 11.8 Å². The second-order valence-electron chi connectivity index (χ2n) is 3.68. The quantitative estimate of drug-likeness (QED) is 0.840. The lowest BCUT2D eigenvalue weighted by Crippen LogP contribution is -1.98. The Hall–Kier alpha value is -1.55. The molecule has 2 rings (SSSR count). The molecule has 0 aliphatic heterocycles. The van der Waals surface area contributed by atoms with Gasteiger partial charge in [-0.2, -0.15) is 0 Å². The molecule has 0 amide bonds. The topological polar surface area (TPSA) is 37.8 Å². The summed E-state index contributed by atoms with van der Waals surface area (Å²) in [6, 6.07) is 10.3. The number of benzene rings is 1. The molecular formula is C13H15N3S. The van der Waals surface area contributed by atoms with E-state index in [1.54, 1.807) is 18.0 Å². The number of rotatable bonds is 4. The summed E-state index contributed by atoms with van der Waals surface area (Å²) < 4.78 is 0. The monoisotopic (exact) mass is 245 g/mol. The van der Waals surface area contributed by atoms with E-state index in [0.29, 0.717) is 5.95 Å². The van der Waals surface area contributed by atoms with Crippen LogP contribution in [0.1, 0.15) is 11.3 Å². The van der Waals surface area contributed by atoms with Gasteiger partial charge in [0.1, 0.15) is 0 Å². The van der Waals surface area contributed by atoms with Crippen LogP contribution in [0.3, 0.4) is 0 Å². The van der Waals surface area contributed by atoms with Gasteiger partial charge in [0.25, 0.3) is 0 Å². The van der Waals surface area contributed by atoms with E-state index < -0.39 is 0 Å². The van der Waals surface area contributed by atoms with Crippen LogP contribution in [0.5, 0.6) is 0 Å². The van der Waals surface area contributed by atoms with Crippen molar-refractivity contribution < 1.29 is 0 Å². The summed E-state index contributed by atoms with van der Waals surface area (Å²) in [5, 5.41) is 2.95. The van der Waals surface area contributed by atoms with Gasteiger partial charge < -0.3 is 5.32 Å². The summed E-state index contributed by atoms with van der Waals surface area (Å²) >= 11 is 1.80. The fourth-order valence-corrected chi connectivity index (χ4v) is 2.40. The minimum absolute atomic E-state index is 0.674. The van der Waals surface area contributed by atoms with E-state index in [-0.39, 0.29) is 0 Å². The van der Waals surface area contributed by atoms with Gasteiger partial charge in [-0.3, -0.25) is 0 Å². The molecule has 3 nitrogen and oxygen atoms in total. The molecule has 0 aliphatic rings. The first kappa shape index (κ1) is 11.9. The van der Waals surface area contributed by atoms with E-state index in [0.717, 1.165) is 11.4 Å². The standard InChI is InChI=1S/C13H15N3S/c1-10-5-3-4-6-12(10)17-9-11-7-8-15-13(14-2)16-11/h3-8H,9H2,1-2H3,(H,14,15,16). The van der Waals surface area contributed by atoms with Crippen LogP contribution in [0.2, 0.25) is 0 Å². The van der Waals surface area contributed by atoms with Crippen molar-refractivity contribution in [1.29, 1.82) is 0 Å². The molecule has 0 bridgehead atoms. The van der Waals surface area contributed by atoms with E-state index in [4.69, 9.17) is 0 Å². The Balaban J connectivity index is 2.05. The van der Waals surface area contributed by atoms with Gasteiger partial charge in [0, 0.05) is 23.9 Å². The lowest BCUT2D eigenvalue weighted by atomic mass is 10.2. The van der Waals surface area contributed by atoms with Crippen LogP contribution in [0.15, 0.2) is 41.4 Å².